The molecule has 3 heterocycles. The van der Waals surface area contributed by atoms with Crippen LogP contribution in [0.25, 0.3) is 0 Å². The molecule has 1 fully saturated rings. The van der Waals surface area contributed by atoms with E-state index in [-0.39, 0.29) is 41.0 Å². The van der Waals surface area contributed by atoms with Crippen LogP contribution in [0.5, 0.6) is 5.75 Å². The maximum Gasteiger partial charge on any atom is 0.276 e. The number of ether oxygens (including phenoxy) is 1. The molecule has 1 N–H and O–H groups in total. The smallest absolute Gasteiger partial charge is 0.276 e. The number of aromatic nitrogens is 1. The number of amides is 1. The Balaban J connectivity index is 2.09. The Morgan fingerprint density at radius 1 is 1.53 bits per heavy atom. The van der Waals surface area contributed by atoms with E-state index in [1.807, 2.05) is 6.92 Å². The number of Topliss-reactive ketones (excluding diaryl/α,β-unsaturated/α-hetero) is 1. The Morgan fingerprint density at radius 2 is 2.26 bits per heavy atom. The van der Waals surface area contributed by atoms with E-state index in [1.54, 1.807) is 9.47 Å². The zero-order chi connectivity index (χ0) is 13.7. The Kier molecular flexibility index (Phi) is 2.63. The van der Waals surface area contributed by atoms with Gasteiger partial charge in [-0.15, -0.1) is 0 Å². The molecule has 2 aliphatic heterocycles. The molecule has 2 atom stereocenters. The van der Waals surface area contributed by atoms with Crippen LogP contribution >= 0.6 is 0 Å². The summed E-state index contributed by atoms with van der Waals surface area (Å²) >= 11 is 0. The molecule has 1 aromatic heterocycles. The summed E-state index contributed by atoms with van der Waals surface area (Å²) in [4.78, 5) is 25.6. The molecule has 0 aromatic carbocycles. The van der Waals surface area contributed by atoms with Crippen LogP contribution in [0.1, 0.15) is 41.1 Å². The van der Waals surface area contributed by atoms with E-state index in [1.165, 1.54) is 13.1 Å². The van der Waals surface area contributed by atoms with Gasteiger partial charge in [-0.25, -0.2) is 0 Å². The van der Waals surface area contributed by atoms with Gasteiger partial charge in [0.05, 0.1) is 18.7 Å². The third-order valence-corrected chi connectivity index (χ3v) is 3.85. The van der Waals surface area contributed by atoms with E-state index >= 15 is 0 Å². The summed E-state index contributed by atoms with van der Waals surface area (Å²) in [7, 11) is 0. The Bertz CT molecular complexity index is 563. The van der Waals surface area contributed by atoms with Gasteiger partial charge in [-0.1, -0.05) is 0 Å². The van der Waals surface area contributed by atoms with Crippen LogP contribution in [-0.4, -0.2) is 45.1 Å². The van der Waals surface area contributed by atoms with Crippen molar-refractivity contribution < 1.29 is 19.4 Å². The first-order chi connectivity index (χ1) is 9.00. The van der Waals surface area contributed by atoms with Gasteiger partial charge in [0.25, 0.3) is 5.91 Å². The largest absolute Gasteiger partial charge is 0.505 e. The van der Waals surface area contributed by atoms with Gasteiger partial charge in [0.1, 0.15) is 0 Å². The Morgan fingerprint density at radius 3 is 2.95 bits per heavy atom. The summed E-state index contributed by atoms with van der Waals surface area (Å²) in [6.07, 6.45) is 2.00. The molecule has 0 spiro atoms. The van der Waals surface area contributed by atoms with Crippen molar-refractivity contribution in [3.63, 3.8) is 0 Å². The van der Waals surface area contributed by atoms with Crippen molar-refractivity contribution >= 4 is 11.7 Å². The molecule has 1 amide bonds. The lowest BCUT2D eigenvalue weighted by Gasteiger charge is -2.43. The first kappa shape index (κ1) is 12.2. The van der Waals surface area contributed by atoms with Gasteiger partial charge in [0.2, 0.25) is 0 Å². The van der Waals surface area contributed by atoms with Crippen LogP contribution in [0.15, 0.2) is 6.20 Å². The van der Waals surface area contributed by atoms with Gasteiger partial charge in [-0.2, -0.15) is 0 Å². The van der Waals surface area contributed by atoms with Crippen molar-refractivity contribution in [3.05, 3.63) is 17.5 Å². The molecular weight excluding hydrogens is 248 g/mol. The van der Waals surface area contributed by atoms with Gasteiger partial charge in [-0.05, 0) is 20.3 Å². The molecule has 0 aliphatic carbocycles. The van der Waals surface area contributed by atoms with Gasteiger partial charge >= 0.3 is 0 Å². The summed E-state index contributed by atoms with van der Waals surface area (Å²) in [6, 6.07) is 0.0788. The van der Waals surface area contributed by atoms with Gasteiger partial charge < -0.3 is 19.3 Å². The van der Waals surface area contributed by atoms with Gasteiger partial charge in [0.15, 0.2) is 23.5 Å². The molecule has 6 heteroatoms. The number of hydrogen-bond donors (Lipinski definition) is 1. The molecule has 19 heavy (non-hydrogen) atoms. The second kappa shape index (κ2) is 4.09. The number of carbonyl (C=O) groups is 2. The van der Waals surface area contributed by atoms with E-state index in [2.05, 4.69) is 0 Å². The molecule has 1 saturated heterocycles. The Hall–Kier alpha value is -1.82. The van der Waals surface area contributed by atoms with Crippen molar-refractivity contribution in [2.75, 3.05) is 6.61 Å². The summed E-state index contributed by atoms with van der Waals surface area (Å²) in [5.74, 6) is -0.735. The van der Waals surface area contributed by atoms with Gasteiger partial charge in [-0.3, -0.25) is 9.59 Å². The predicted octanol–water partition coefficient (Wildman–Crippen LogP) is 0.987. The van der Waals surface area contributed by atoms with E-state index in [9.17, 15) is 14.7 Å². The van der Waals surface area contributed by atoms with Crippen LogP contribution < -0.4 is 0 Å². The second-order valence-corrected chi connectivity index (χ2v) is 5.12. The van der Waals surface area contributed by atoms with Crippen molar-refractivity contribution in [2.45, 2.75) is 39.1 Å². The predicted molar refractivity (Wildman–Crippen MR) is 66.1 cm³/mol. The maximum absolute atomic E-state index is 12.5. The van der Waals surface area contributed by atoms with E-state index in [4.69, 9.17) is 4.74 Å². The summed E-state index contributed by atoms with van der Waals surface area (Å²) in [5.41, 5.74) is 0.384. The third kappa shape index (κ3) is 1.67. The molecule has 102 valence electrons. The molecule has 0 unspecified atom stereocenters. The first-order valence-corrected chi connectivity index (χ1v) is 6.38. The highest BCUT2D eigenvalue weighted by atomic mass is 16.5. The number of fused-ring (bicyclic) bond motifs is 2. The first-order valence-electron chi connectivity index (χ1n) is 6.38. The Labute approximate surface area is 110 Å². The zero-order valence-corrected chi connectivity index (χ0v) is 10.9. The molecule has 1 aromatic rings. The minimum absolute atomic E-state index is 0.0788. The highest BCUT2D eigenvalue weighted by molar-refractivity contribution is 6.04. The molecule has 2 aliphatic rings. The summed E-state index contributed by atoms with van der Waals surface area (Å²) in [6.45, 7) is 4.41. The SMILES string of the molecule is CC(=O)c1cn2c(c1O)C(=O)N1[C@H](C)CCO[C@H]1C2. The molecule has 3 rings (SSSR count). The average Bonchev–Trinajstić information content (AvgIpc) is 2.67. The van der Waals surface area contributed by atoms with Gasteiger partial charge in [0, 0.05) is 12.2 Å². The van der Waals surface area contributed by atoms with E-state index in [0.717, 1.165) is 6.42 Å². The van der Waals surface area contributed by atoms with E-state index in [0.29, 0.717) is 13.2 Å². The lowest BCUT2D eigenvalue weighted by Crippen LogP contribution is -2.56. The number of carbonyl (C=O) groups excluding carboxylic acids is 2. The van der Waals surface area contributed by atoms with Crippen molar-refractivity contribution in [1.29, 1.82) is 0 Å². The van der Waals surface area contributed by atoms with E-state index < -0.39 is 0 Å². The molecular formula is C13H16N2O4. The van der Waals surface area contributed by atoms with Crippen LogP contribution in [0.4, 0.5) is 0 Å². The normalized spacial score (nSPS) is 26.0. The number of hydrogen-bond acceptors (Lipinski definition) is 4. The zero-order valence-electron chi connectivity index (χ0n) is 10.9. The van der Waals surface area contributed by atoms with Crippen molar-refractivity contribution in [1.82, 2.24) is 9.47 Å². The second-order valence-electron chi connectivity index (χ2n) is 5.12. The highest BCUT2D eigenvalue weighted by Crippen LogP contribution is 2.33. The lowest BCUT2D eigenvalue weighted by molar-refractivity contribution is -0.111. The number of nitrogens with zero attached hydrogens (tertiary/aromatic N) is 2. The summed E-state index contributed by atoms with van der Waals surface area (Å²) < 4.78 is 7.23. The van der Waals surface area contributed by atoms with Crippen LogP contribution in [0, 0.1) is 0 Å². The topological polar surface area (TPSA) is 71.8 Å². The van der Waals surface area contributed by atoms with Crippen LogP contribution in [0.3, 0.4) is 0 Å². The third-order valence-electron chi connectivity index (χ3n) is 3.85. The molecule has 0 saturated carbocycles. The molecule has 0 radical (unpaired) electrons. The lowest BCUT2D eigenvalue weighted by atomic mass is 10.1. The number of rotatable bonds is 1. The quantitative estimate of drug-likeness (QED) is 0.768. The van der Waals surface area contributed by atoms with Crippen molar-refractivity contribution in [3.8, 4) is 5.75 Å². The van der Waals surface area contributed by atoms with Crippen LogP contribution in [-0.2, 0) is 11.3 Å². The average molecular weight is 264 g/mol. The monoisotopic (exact) mass is 264 g/mol. The highest BCUT2D eigenvalue weighted by Gasteiger charge is 2.41. The minimum Gasteiger partial charge on any atom is -0.505 e. The molecule has 0 bridgehead atoms. The number of ketones is 1. The van der Waals surface area contributed by atoms with Crippen molar-refractivity contribution in [2.24, 2.45) is 0 Å². The fraction of sp³-hybridized carbons (Fsp3) is 0.538. The maximum atomic E-state index is 12.5. The fourth-order valence-corrected chi connectivity index (χ4v) is 2.81. The number of aromatic hydroxyl groups is 1. The summed E-state index contributed by atoms with van der Waals surface area (Å²) in [5, 5.41) is 10.1. The van der Waals surface area contributed by atoms with Crippen LogP contribution in [0.2, 0.25) is 0 Å². The molecule has 6 nitrogen and oxygen atoms in total. The minimum atomic E-state index is -0.310. The fourth-order valence-electron chi connectivity index (χ4n) is 2.81. The standard InChI is InChI=1S/C13H16N2O4/c1-7-3-4-19-10-6-14-5-9(8(2)16)12(17)11(14)13(18)15(7)10/h5,7,10,17H,3-4,6H2,1-2H3/t7-,10+/m1/s1.